The predicted molar refractivity (Wildman–Crippen MR) is 105 cm³/mol. The molecule has 2 aromatic heterocycles. The van der Waals surface area contributed by atoms with Gasteiger partial charge in [-0.25, -0.2) is 10.1 Å². The lowest BCUT2D eigenvalue weighted by atomic mass is 10.1. The van der Waals surface area contributed by atoms with Crippen LogP contribution < -0.4 is 11.2 Å². The van der Waals surface area contributed by atoms with Gasteiger partial charge in [0.1, 0.15) is 5.69 Å². The molecule has 0 saturated heterocycles. The monoisotopic (exact) mass is 388 g/mol. The van der Waals surface area contributed by atoms with Gasteiger partial charge in [-0.2, -0.15) is 9.78 Å². The van der Waals surface area contributed by atoms with Crippen molar-refractivity contribution in [3.8, 4) is 17.1 Å². The molecule has 10 nitrogen and oxygen atoms in total. The lowest BCUT2D eigenvalue weighted by Gasteiger charge is -2.05. The molecule has 1 amide bonds. The van der Waals surface area contributed by atoms with Crippen molar-refractivity contribution in [2.75, 3.05) is 5.73 Å². The molecule has 0 unspecified atom stereocenters. The third-order valence-corrected chi connectivity index (χ3v) is 4.09. The van der Waals surface area contributed by atoms with E-state index in [1.54, 1.807) is 6.21 Å². The second-order valence-electron chi connectivity index (χ2n) is 6.15. The van der Waals surface area contributed by atoms with Crippen LogP contribution in [-0.2, 0) is 0 Å². The molecule has 4 aromatic rings. The molecule has 0 aliphatic heterocycles. The minimum atomic E-state index is -0.534. The highest BCUT2D eigenvalue weighted by atomic mass is 16.6. The second kappa shape index (κ2) is 7.72. The Morgan fingerprint density at radius 1 is 1.14 bits per heavy atom. The molecule has 0 fully saturated rings. The minimum Gasteiger partial charge on any atom is -0.378 e. The fourth-order valence-corrected chi connectivity index (χ4v) is 2.65. The van der Waals surface area contributed by atoms with Crippen molar-refractivity contribution in [2.24, 2.45) is 5.10 Å². The largest absolute Gasteiger partial charge is 0.378 e. The second-order valence-corrected chi connectivity index (χ2v) is 6.15. The number of nitrogens with two attached hydrogens (primary N) is 1. The number of carbonyl (C=O) groups excluding carboxylic acids is 1. The van der Waals surface area contributed by atoms with Gasteiger partial charge in [-0.1, -0.05) is 65.4 Å². The van der Waals surface area contributed by atoms with Gasteiger partial charge in [0.25, 0.3) is 5.91 Å². The van der Waals surface area contributed by atoms with Gasteiger partial charge in [-0.3, -0.25) is 4.79 Å². The summed E-state index contributed by atoms with van der Waals surface area (Å²) in [7, 11) is 0. The number of nitrogens with one attached hydrogen (secondary N) is 1. The highest BCUT2D eigenvalue weighted by Crippen LogP contribution is 2.26. The first-order valence-electron chi connectivity index (χ1n) is 8.63. The topological polar surface area (TPSA) is 137 Å². The van der Waals surface area contributed by atoms with E-state index in [9.17, 15) is 4.79 Å². The highest BCUT2D eigenvalue weighted by molar-refractivity contribution is 5.98. The Morgan fingerprint density at radius 2 is 1.90 bits per heavy atom. The fraction of sp³-hybridized carbons (Fsp3) is 0.0526. The number of rotatable bonds is 5. The summed E-state index contributed by atoms with van der Waals surface area (Å²) >= 11 is 0. The van der Waals surface area contributed by atoms with E-state index in [1.165, 1.54) is 4.68 Å². The maximum atomic E-state index is 12.7. The van der Waals surface area contributed by atoms with Crippen LogP contribution in [0.25, 0.3) is 17.1 Å². The summed E-state index contributed by atoms with van der Waals surface area (Å²) in [5.41, 5.74) is 11.4. The Bertz CT molecular complexity index is 1160. The molecule has 2 heterocycles. The summed E-state index contributed by atoms with van der Waals surface area (Å²) in [6.07, 6.45) is 1.55. The molecule has 0 saturated carbocycles. The number of carbonyl (C=O) groups is 1. The summed E-state index contributed by atoms with van der Waals surface area (Å²) in [6, 6.07) is 16.8. The number of anilines is 1. The van der Waals surface area contributed by atoms with Crippen LogP contribution >= 0.6 is 0 Å². The van der Waals surface area contributed by atoms with Crippen LogP contribution in [0.4, 0.5) is 5.82 Å². The number of hydrogen-bond acceptors (Lipinski definition) is 8. The summed E-state index contributed by atoms with van der Waals surface area (Å²) < 4.78 is 5.95. The zero-order valence-electron chi connectivity index (χ0n) is 15.4. The van der Waals surface area contributed by atoms with Gasteiger partial charge < -0.3 is 5.73 Å². The van der Waals surface area contributed by atoms with E-state index in [1.807, 2.05) is 61.5 Å². The van der Waals surface area contributed by atoms with Gasteiger partial charge in [0.15, 0.2) is 5.69 Å². The van der Waals surface area contributed by atoms with E-state index in [2.05, 4.69) is 35.8 Å². The Balaban J connectivity index is 1.66. The van der Waals surface area contributed by atoms with E-state index in [0.29, 0.717) is 11.3 Å². The lowest BCUT2D eigenvalue weighted by molar-refractivity contribution is 0.0950. The van der Waals surface area contributed by atoms with E-state index in [4.69, 9.17) is 5.73 Å². The lowest BCUT2D eigenvalue weighted by Crippen LogP contribution is -2.19. The number of aryl methyl sites for hydroxylation is 1. The predicted octanol–water partition coefficient (Wildman–Crippen LogP) is 1.97. The van der Waals surface area contributed by atoms with Crippen molar-refractivity contribution >= 4 is 17.9 Å². The first-order valence-corrected chi connectivity index (χ1v) is 8.63. The van der Waals surface area contributed by atoms with Crippen molar-refractivity contribution in [1.29, 1.82) is 0 Å². The number of hydrogen-bond donors (Lipinski definition) is 2. The third-order valence-electron chi connectivity index (χ3n) is 4.09. The SMILES string of the molecule is Cc1ccc(C=NNC(=O)c2nnn(-c3nonc3N)c2-c2ccccc2)cc1. The zero-order valence-corrected chi connectivity index (χ0v) is 15.4. The van der Waals surface area contributed by atoms with Gasteiger partial charge in [0.2, 0.25) is 11.6 Å². The maximum absolute atomic E-state index is 12.7. The van der Waals surface area contributed by atoms with Crippen LogP contribution in [0.15, 0.2) is 64.3 Å². The van der Waals surface area contributed by atoms with Gasteiger partial charge in [0.05, 0.1) is 6.21 Å². The van der Waals surface area contributed by atoms with Crippen molar-refractivity contribution in [3.05, 3.63) is 71.4 Å². The molecule has 0 aliphatic carbocycles. The zero-order chi connectivity index (χ0) is 20.2. The summed E-state index contributed by atoms with van der Waals surface area (Å²) in [5, 5.41) is 19.3. The van der Waals surface area contributed by atoms with Gasteiger partial charge in [-0.15, -0.1) is 5.10 Å². The number of nitrogen functional groups attached to an aromatic ring is 1. The van der Waals surface area contributed by atoms with E-state index >= 15 is 0 Å². The summed E-state index contributed by atoms with van der Waals surface area (Å²) in [5.74, 6) is -0.372. The highest BCUT2D eigenvalue weighted by Gasteiger charge is 2.24. The van der Waals surface area contributed by atoms with Crippen molar-refractivity contribution in [3.63, 3.8) is 0 Å². The maximum Gasteiger partial charge on any atom is 0.294 e. The molecule has 0 bridgehead atoms. The van der Waals surface area contributed by atoms with E-state index in [0.717, 1.165) is 11.1 Å². The van der Waals surface area contributed by atoms with Crippen molar-refractivity contribution < 1.29 is 9.42 Å². The number of nitrogens with zero attached hydrogens (tertiary/aromatic N) is 6. The number of amides is 1. The van der Waals surface area contributed by atoms with Crippen LogP contribution in [-0.4, -0.2) is 37.4 Å². The average molecular weight is 388 g/mol. The van der Waals surface area contributed by atoms with Gasteiger partial charge >= 0.3 is 0 Å². The summed E-state index contributed by atoms with van der Waals surface area (Å²) in [4.78, 5) is 12.7. The molecule has 0 spiro atoms. The molecule has 10 heteroatoms. The van der Waals surface area contributed by atoms with Crippen LogP contribution in [0.5, 0.6) is 0 Å². The quantitative estimate of drug-likeness (QED) is 0.394. The standard InChI is InChI=1S/C19H16N8O2/c1-12-7-9-13(10-8-12)11-21-23-19(28)15-16(14-5-3-2-4-6-14)27(26-22-15)18-17(20)24-29-25-18/h2-11H,1H3,(H2,20,24)(H,23,28). The average Bonchev–Trinajstić information content (AvgIpc) is 3.36. The molecule has 29 heavy (non-hydrogen) atoms. The smallest absolute Gasteiger partial charge is 0.294 e. The molecular weight excluding hydrogens is 372 g/mol. The van der Waals surface area contributed by atoms with Gasteiger partial charge in [0, 0.05) is 5.56 Å². The molecule has 0 atom stereocenters. The van der Waals surface area contributed by atoms with Crippen LogP contribution in [0.1, 0.15) is 21.6 Å². The van der Waals surface area contributed by atoms with Crippen LogP contribution in [0.3, 0.4) is 0 Å². The number of benzene rings is 2. The molecule has 0 radical (unpaired) electrons. The van der Waals surface area contributed by atoms with Crippen molar-refractivity contribution in [1.82, 2.24) is 30.7 Å². The molecule has 3 N–H and O–H groups in total. The Kier molecular flexibility index (Phi) is 4.81. The first kappa shape index (κ1) is 18.0. The Labute approximate surface area is 165 Å². The van der Waals surface area contributed by atoms with E-state index in [-0.39, 0.29) is 17.3 Å². The van der Waals surface area contributed by atoms with Gasteiger partial charge in [-0.05, 0) is 22.8 Å². The molecule has 144 valence electrons. The molecule has 4 rings (SSSR count). The third kappa shape index (κ3) is 3.72. The molecular formula is C19H16N8O2. The summed E-state index contributed by atoms with van der Waals surface area (Å²) in [6.45, 7) is 1.99. The van der Waals surface area contributed by atoms with Crippen molar-refractivity contribution in [2.45, 2.75) is 6.92 Å². The Morgan fingerprint density at radius 3 is 2.59 bits per heavy atom. The fourth-order valence-electron chi connectivity index (χ4n) is 2.65. The van der Waals surface area contributed by atoms with E-state index < -0.39 is 5.91 Å². The number of hydrazone groups is 1. The first-order chi connectivity index (χ1) is 14.1. The van der Waals surface area contributed by atoms with Crippen LogP contribution in [0, 0.1) is 6.92 Å². The molecule has 2 aromatic carbocycles. The minimum absolute atomic E-state index is 0.0245. The van der Waals surface area contributed by atoms with Crippen LogP contribution in [0.2, 0.25) is 0 Å². The Hall–Kier alpha value is -4.34. The molecule has 0 aliphatic rings. The number of aromatic nitrogens is 5. The normalized spacial score (nSPS) is 11.1.